The Morgan fingerprint density at radius 3 is 2.25 bits per heavy atom. The Hall–Kier alpha value is -3.93. The summed E-state index contributed by atoms with van der Waals surface area (Å²) in [6, 6.07) is 17.0. The summed E-state index contributed by atoms with van der Waals surface area (Å²) in [6.07, 6.45) is 1.65. The number of Topliss-reactive ketones (excluding diaryl/α,β-unsaturated/α-hetero) is 1. The summed E-state index contributed by atoms with van der Waals surface area (Å²) < 4.78 is 28.2. The van der Waals surface area contributed by atoms with Crippen molar-refractivity contribution in [2.24, 2.45) is 0 Å². The fraction of sp³-hybridized carbons (Fsp3) is 0.192. The summed E-state index contributed by atoms with van der Waals surface area (Å²) in [6.45, 7) is 2.31. The Kier molecular flexibility index (Phi) is 6.03. The molecule has 3 aromatic rings. The van der Waals surface area contributed by atoms with Crippen LogP contribution in [0.4, 0.5) is 0 Å². The molecule has 1 aliphatic rings. The minimum absolute atomic E-state index is 0.199. The number of allylic oxidation sites excluding steroid dienone is 1. The molecule has 0 amide bonds. The van der Waals surface area contributed by atoms with E-state index >= 15 is 0 Å². The third-order valence-corrected chi connectivity index (χ3v) is 5.30. The highest BCUT2D eigenvalue weighted by Gasteiger charge is 2.31. The van der Waals surface area contributed by atoms with Gasteiger partial charge in [-0.2, -0.15) is 0 Å². The van der Waals surface area contributed by atoms with Gasteiger partial charge in [0.1, 0.15) is 18.1 Å². The molecule has 0 fully saturated rings. The van der Waals surface area contributed by atoms with Crippen LogP contribution in [-0.4, -0.2) is 27.1 Å². The maximum Gasteiger partial charge on any atom is 0.231 e. The van der Waals surface area contributed by atoms with Gasteiger partial charge in [0.15, 0.2) is 17.3 Å². The number of ketones is 1. The van der Waals surface area contributed by atoms with Gasteiger partial charge in [0.05, 0.1) is 26.9 Å². The molecule has 3 aromatic carbocycles. The van der Waals surface area contributed by atoms with Gasteiger partial charge in [-0.15, -0.1) is 0 Å². The van der Waals surface area contributed by atoms with E-state index in [2.05, 4.69) is 0 Å². The van der Waals surface area contributed by atoms with Crippen molar-refractivity contribution in [3.8, 4) is 28.7 Å². The van der Waals surface area contributed by atoms with E-state index in [1.54, 1.807) is 37.5 Å². The quantitative estimate of drug-likeness (QED) is 0.477. The predicted octanol–water partition coefficient (Wildman–Crippen LogP) is 5.22. The Morgan fingerprint density at radius 2 is 1.56 bits per heavy atom. The summed E-state index contributed by atoms with van der Waals surface area (Å²) in [5.41, 5.74) is 2.97. The largest absolute Gasteiger partial charge is 0.493 e. The van der Waals surface area contributed by atoms with Crippen molar-refractivity contribution in [3.05, 3.63) is 82.6 Å². The summed E-state index contributed by atoms with van der Waals surface area (Å²) in [5.74, 6) is 2.61. The molecule has 1 aliphatic heterocycles. The van der Waals surface area contributed by atoms with Crippen molar-refractivity contribution >= 4 is 11.9 Å². The highest BCUT2D eigenvalue weighted by molar-refractivity contribution is 6.15. The molecule has 0 unspecified atom stereocenters. The Labute approximate surface area is 186 Å². The van der Waals surface area contributed by atoms with Gasteiger partial charge in [-0.1, -0.05) is 30.3 Å². The summed E-state index contributed by atoms with van der Waals surface area (Å²) in [5, 5.41) is 0. The van der Waals surface area contributed by atoms with E-state index in [0.717, 1.165) is 11.1 Å². The highest BCUT2D eigenvalue weighted by Crippen LogP contribution is 2.43. The molecule has 32 heavy (non-hydrogen) atoms. The number of methoxy groups -OCH3 is 3. The van der Waals surface area contributed by atoms with Crippen LogP contribution in [0.2, 0.25) is 0 Å². The molecule has 6 nitrogen and oxygen atoms in total. The monoisotopic (exact) mass is 432 g/mol. The topological polar surface area (TPSA) is 63.2 Å². The molecule has 4 rings (SSSR count). The van der Waals surface area contributed by atoms with Crippen LogP contribution in [0.5, 0.6) is 28.7 Å². The average molecular weight is 432 g/mol. The molecule has 0 spiro atoms. The van der Waals surface area contributed by atoms with Gasteiger partial charge >= 0.3 is 0 Å². The van der Waals surface area contributed by atoms with E-state index in [-0.39, 0.29) is 11.5 Å². The lowest BCUT2D eigenvalue weighted by molar-refractivity contribution is 0.101. The standard InChI is InChI=1S/C26H24O6/c1-16-20(31-15-17-8-6-5-7-9-17)13-11-19-23(27)22(32-24(16)19)14-18-10-12-21(28-2)26(30-4)25(18)29-3/h5-14H,15H2,1-4H3/b22-14-. The van der Waals surface area contributed by atoms with E-state index in [9.17, 15) is 4.79 Å². The number of carbonyl (C=O) groups excluding carboxylic acids is 1. The van der Waals surface area contributed by atoms with Gasteiger partial charge in [-0.05, 0) is 42.8 Å². The lowest BCUT2D eigenvalue weighted by atomic mass is 10.1. The molecule has 0 radical (unpaired) electrons. The van der Waals surface area contributed by atoms with Crippen LogP contribution in [0.15, 0.2) is 60.4 Å². The second kappa shape index (κ2) is 9.06. The number of ether oxygens (including phenoxy) is 5. The fourth-order valence-electron chi connectivity index (χ4n) is 3.64. The molecular weight excluding hydrogens is 408 g/mol. The van der Waals surface area contributed by atoms with Crippen LogP contribution < -0.4 is 23.7 Å². The lowest BCUT2D eigenvalue weighted by Gasteiger charge is -2.14. The summed E-state index contributed by atoms with van der Waals surface area (Å²) >= 11 is 0. The van der Waals surface area contributed by atoms with Crippen molar-refractivity contribution in [3.63, 3.8) is 0 Å². The molecule has 0 aliphatic carbocycles. The maximum absolute atomic E-state index is 13.0. The van der Waals surface area contributed by atoms with Crippen LogP contribution in [0.25, 0.3) is 6.08 Å². The molecule has 6 heteroatoms. The van der Waals surface area contributed by atoms with Crippen LogP contribution in [0.1, 0.15) is 27.0 Å². The number of hydrogen-bond acceptors (Lipinski definition) is 6. The first-order valence-corrected chi connectivity index (χ1v) is 10.1. The van der Waals surface area contributed by atoms with E-state index in [1.165, 1.54) is 14.2 Å². The van der Waals surface area contributed by atoms with Crippen molar-refractivity contribution in [2.75, 3.05) is 21.3 Å². The zero-order valence-corrected chi connectivity index (χ0v) is 18.4. The van der Waals surface area contributed by atoms with Gasteiger partial charge in [0.2, 0.25) is 11.5 Å². The molecule has 164 valence electrons. The van der Waals surface area contributed by atoms with E-state index in [1.807, 2.05) is 37.3 Å². The number of carbonyl (C=O) groups is 1. The summed E-state index contributed by atoms with van der Waals surface area (Å²) in [4.78, 5) is 13.0. The molecule has 0 bridgehead atoms. The molecule has 0 aromatic heterocycles. The van der Waals surface area contributed by atoms with Gasteiger partial charge < -0.3 is 23.7 Å². The smallest absolute Gasteiger partial charge is 0.231 e. The number of fused-ring (bicyclic) bond motifs is 1. The van der Waals surface area contributed by atoms with Gasteiger partial charge in [-0.25, -0.2) is 0 Å². The molecule has 1 heterocycles. The lowest BCUT2D eigenvalue weighted by Crippen LogP contribution is -2.00. The predicted molar refractivity (Wildman–Crippen MR) is 121 cm³/mol. The minimum atomic E-state index is -0.199. The Morgan fingerprint density at radius 1 is 0.844 bits per heavy atom. The Balaban J connectivity index is 1.63. The van der Waals surface area contributed by atoms with Gasteiger partial charge in [-0.3, -0.25) is 4.79 Å². The summed E-state index contributed by atoms with van der Waals surface area (Å²) in [7, 11) is 4.62. The van der Waals surface area contributed by atoms with Crippen LogP contribution in [0, 0.1) is 6.92 Å². The first-order valence-electron chi connectivity index (χ1n) is 10.1. The van der Waals surface area contributed by atoms with Crippen LogP contribution in [-0.2, 0) is 6.61 Å². The van der Waals surface area contributed by atoms with E-state index < -0.39 is 0 Å². The zero-order chi connectivity index (χ0) is 22.7. The highest BCUT2D eigenvalue weighted by atomic mass is 16.5. The molecular formula is C26H24O6. The van der Waals surface area contributed by atoms with Crippen molar-refractivity contribution in [2.45, 2.75) is 13.5 Å². The van der Waals surface area contributed by atoms with Gasteiger partial charge in [0, 0.05) is 11.1 Å². The normalized spacial score (nSPS) is 13.5. The van der Waals surface area contributed by atoms with E-state index in [4.69, 9.17) is 23.7 Å². The second-order valence-electron chi connectivity index (χ2n) is 7.20. The van der Waals surface area contributed by atoms with Crippen LogP contribution >= 0.6 is 0 Å². The van der Waals surface area contributed by atoms with Crippen molar-refractivity contribution in [1.82, 2.24) is 0 Å². The average Bonchev–Trinajstić information content (AvgIpc) is 3.14. The first-order chi connectivity index (χ1) is 15.6. The third kappa shape index (κ3) is 3.87. The first kappa shape index (κ1) is 21.3. The fourth-order valence-corrected chi connectivity index (χ4v) is 3.64. The van der Waals surface area contributed by atoms with Crippen molar-refractivity contribution in [1.29, 1.82) is 0 Å². The van der Waals surface area contributed by atoms with Gasteiger partial charge in [0.25, 0.3) is 0 Å². The molecule has 0 saturated carbocycles. The van der Waals surface area contributed by atoms with E-state index in [0.29, 0.717) is 46.5 Å². The van der Waals surface area contributed by atoms with Crippen LogP contribution in [0.3, 0.4) is 0 Å². The third-order valence-electron chi connectivity index (χ3n) is 5.30. The number of benzene rings is 3. The SMILES string of the molecule is COc1ccc(/C=C2\Oc3c(ccc(OCc4ccccc4)c3C)C2=O)c(OC)c1OC. The number of hydrogen-bond donors (Lipinski definition) is 0. The molecule has 0 N–H and O–H groups in total. The Bertz CT molecular complexity index is 1180. The second-order valence-corrected chi connectivity index (χ2v) is 7.20. The molecule has 0 saturated heterocycles. The maximum atomic E-state index is 13.0. The number of rotatable bonds is 7. The van der Waals surface area contributed by atoms with Crippen molar-refractivity contribution < 1.29 is 28.5 Å². The zero-order valence-electron chi connectivity index (χ0n) is 18.4. The minimum Gasteiger partial charge on any atom is -0.493 e. The molecule has 0 atom stereocenters.